The Hall–Kier alpha value is -2.56. The molecule has 4 rings (SSSR count). The van der Waals surface area contributed by atoms with Gasteiger partial charge in [-0.3, -0.25) is 14.3 Å². The van der Waals surface area contributed by atoms with Gasteiger partial charge in [-0.1, -0.05) is 19.4 Å². The van der Waals surface area contributed by atoms with Gasteiger partial charge < -0.3 is 0 Å². The van der Waals surface area contributed by atoms with Crippen molar-refractivity contribution in [1.29, 1.82) is 0 Å². The van der Waals surface area contributed by atoms with Crippen LogP contribution in [0.1, 0.15) is 25.6 Å². The number of aromatic nitrogens is 4. The average molecular weight is 306 g/mol. The van der Waals surface area contributed by atoms with Crippen molar-refractivity contribution in [3.05, 3.63) is 52.8 Å². The third kappa shape index (κ3) is 2.42. The predicted octanol–water partition coefficient (Wildman–Crippen LogP) is 2.83. The fourth-order valence-electron chi connectivity index (χ4n) is 3.23. The molecule has 0 amide bonds. The molecule has 0 N–H and O–H groups in total. The van der Waals surface area contributed by atoms with Gasteiger partial charge in [0, 0.05) is 30.9 Å². The average Bonchev–Trinajstić information content (AvgIpc) is 2.61. The summed E-state index contributed by atoms with van der Waals surface area (Å²) in [5, 5.41) is 0. The second-order valence-corrected chi connectivity index (χ2v) is 6.06. The van der Waals surface area contributed by atoms with Crippen LogP contribution in [0.4, 0.5) is 0 Å². The molecule has 1 aliphatic heterocycles. The highest BCUT2D eigenvalue weighted by molar-refractivity contribution is 5.78. The summed E-state index contributed by atoms with van der Waals surface area (Å²) in [6.45, 7) is 2.94. The van der Waals surface area contributed by atoms with E-state index in [-0.39, 0.29) is 5.56 Å². The lowest BCUT2D eigenvalue weighted by Gasteiger charge is -2.24. The van der Waals surface area contributed by atoms with E-state index in [1.54, 1.807) is 17.0 Å². The van der Waals surface area contributed by atoms with Gasteiger partial charge in [-0.25, -0.2) is 9.97 Å². The topological polar surface area (TPSA) is 60.7 Å². The summed E-state index contributed by atoms with van der Waals surface area (Å²) in [6.07, 6.45) is 6.50. The minimum atomic E-state index is -0.0212. The normalized spacial score (nSPS) is 17.2. The van der Waals surface area contributed by atoms with E-state index in [0.717, 1.165) is 42.9 Å². The Balaban J connectivity index is 1.87. The number of rotatable bonds is 2. The molecule has 0 bridgehead atoms. The number of pyridine rings is 2. The van der Waals surface area contributed by atoms with Crippen LogP contribution in [0.5, 0.6) is 0 Å². The van der Waals surface area contributed by atoms with Crippen LogP contribution >= 0.6 is 0 Å². The Bertz CT molecular complexity index is 917. The summed E-state index contributed by atoms with van der Waals surface area (Å²) in [7, 11) is 0. The third-order valence-electron chi connectivity index (χ3n) is 4.65. The molecule has 0 aromatic carbocycles. The van der Waals surface area contributed by atoms with Crippen LogP contribution in [0.25, 0.3) is 22.3 Å². The number of hydrogen-bond acceptors (Lipinski definition) is 4. The van der Waals surface area contributed by atoms with Gasteiger partial charge in [-0.2, -0.15) is 0 Å². The van der Waals surface area contributed by atoms with Gasteiger partial charge in [0.15, 0.2) is 5.52 Å². The lowest BCUT2D eigenvalue weighted by Crippen LogP contribution is -2.32. The number of nitrogens with zero attached hydrogens (tertiary/aromatic N) is 4. The molecule has 23 heavy (non-hydrogen) atoms. The first-order chi connectivity index (χ1) is 11.3. The minimum absolute atomic E-state index is 0.0212. The summed E-state index contributed by atoms with van der Waals surface area (Å²) in [5.74, 6) is 1.51. The molecule has 0 fully saturated rings. The Morgan fingerprint density at radius 1 is 1.30 bits per heavy atom. The summed E-state index contributed by atoms with van der Waals surface area (Å²) in [4.78, 5) is 26.1. The van der Waals surface area contributed by atoms with E-state index in [0.29, 0.717) is 17.0 Å². The van der Waals surface area contributed by atoms with Crippen LogP contribution < -0.4 is 5.56 Å². The van der Waals surface area contributed by atoms with Crippen molar-refractivity contribution >= 4 is 11.0 Å². The van der Waals surface area contributed by atoms with E-state index in [1.165, 1.54) is 0 Å². The molecule has 0 saturated carbocycles. The van der Waals surface area contributed by atoms with Gasteiger partial charge in [0.05, 0.1) is 11.2 Å². The van der Waals surface area contributed by atoms with Crippen LogP contribution in [0.15, 0.2) is 41.5 Å². The van der Waals surface area contributed by atoms with Crippen molar-refractivity contribution in [2.75, 3.05) is 0 Å². The quantitative estimate of drug-likeness (QED) is 0.730. The van der Waals surface area contributed by atoms with Crippen LogP contribution in [-0.2, 0) is 13.0 Å². The Labute approximate surface area is 134 Å². The monoisotopic (exact) mass is 306 g/mol. The first-order valence-electron chi connectivity index (χ1n) is 8.07. The van der Waals surface area contributed by atoms with E-state index in [2.05, 4.69) is 16.9 Å². The molecule has 116 valence electrons. The molecular formula is C18H18N4O. The zero-order valence-corrected chi connectivity index (χ0v) is 13.1. The van der Waals surface area contributed by atoms with Crippen molar-refractivity contribution in [3.63, 3.8) is 0 Å². The zero-order valence-electron chi connectivity index (χ0n) is 13.1. The molecule has 3 aromatic heterocycles. The molecule has 1 atom stereocenters. The predicted molar refractivity (Wildman–Crippen MR) is 89.1 cm³/mol. The Kier molecular flexibility index (Phi) is 3.41. The summed E-state index contributed by atoms with van der Waals surface area (Å²) in [5.41, 5.74) is 2.82. The molecule has 4 heterocycles. The summed E-state index contributed by atoms with van der Waals surface area (Å²) in [6, 6.07) is 7.67. The third-order valence-corrected chi connectivity index (χ3v) is 4.65. The van der Waals surface area contributed by atoms with E-state index in [9.17, 15) is 4.79 Å². The van der Waals surface area contributed by atoms with Crippen LogP contribution in [0, 0.1) is 5.92 Å². The van der Waals surface area contributed by atoms with E-state index < -0.39 is 0 Å². The molecule has 5 nitrogen and oxygen atoms in total. The maximum absolute atomic E-state index is 12.7. The molecule has 0 spiro atoms. The molecule has 1 unspecified atom stereocenters. The van der Waals surface area contributed by atoms with E-state index >= 15 is 0 Å². The van der Waals surface area contributed by atoms with Crippen molar-refractivity contribution in [1.82, 2.24) is 19.5 Å². The fraction of sp³-hybridized carbons (Fsp3) is 0.333. The first kappa shape index (κ1) is 14.1. The first-order valence-corrected chi connectivity index (χ1v) is 8.07. The molecule has 0 radical (unpaired) electrons. The fourth-order valence-corrected chi connectivity index (χ4v) is 3.23. The van der Waals surface area contributed by atoms with Crippen molar-refractivity contribution in [3.8, 4) is 11.3 Å². The second-order valence-electron chi connectivity index (χ2n) is 6.06. The molecule has 3 aromatic rings. The highest BCUT2D eigenvalue weighted by Crippen LogP contribution is 2.23. The van der Waals surface area contributed by atoms with Crippen LogP contribution in [0.3, 0.4) is 0 Å². The lowest BCUT2D eigenvalue weighted by atomic mass is 9.95. The van der Waals surface area contributed by atoms with Crippen molar-refractivity contribution in [2.24, 2.45) is 5.92 Å². The summed E-state index contributed by atoms with van der Waals surface area (Å²) < 4.78 is 1.79. The lowest BCUT2D eigenvalue weighted by molar-refractivity contribution is 0.363. The number of hydrogen-bond donors (Lipinski definition) is 0. The minimum Gasteiger partial charge on any atom is -0.295 e. The molecular weight excluding hydrogens is 288 g/mol. The van der Waals surface area contributed by atoms with E-state index in [1.807, 2.05) is 24.3 Å². The van der Waals surface area contributed by atoms with Crippen molar-refractivity contribution < 1.29 is 0 Å². The zero-order chi connectivity index (χ0) is 15.8. The Morgan fingerprint density at radius 3 is 3.00 bits per heavy atom. The van der Waals surface area contributed by atoms with Crippen molar-refractivity contribution in [2.45, 2.75) is 32.7 Å². The molecule has 5 heteroatoms. The second kappa shape index (κ2) is 5.57. The van der Waals surface area contributed by atoms with Gasteiger partial charge in [0.1, 0.15) is 5.82 Å². The highest BCUT2D eigenvalue weighted by atomic mass is 16.1. The summed E-state index contributed by atoms with van der Waals surface area (Å²) >= 11 is 0. The van der Waals surface area contributed by atoms with Crippen LogP contribution in [0.2, 0.25) is 0 Å². The van der Waals surface area contributed by atoms with Gasteiger partial charge in [0.25, 0.3) is 5.56 Å². The molecule has 0 saturated heterocycles. The smallest absolute Gasteiger partial charge is 0.280 e. The maximum Gasteiger partial charge on any atom is 0.280 e. The molecule has 0 aliphatic carbocycles. The van der Waals surface area contributed by atoms with Gasteiger partial charge in [0.2, 0.25) is 0 Å². The van der Waals surface area contributed by atoms with E-state index in [4.69, 9.17) is 4.98 Å². The standard InChI is InChI=1S/C18H18N4O/c1-2-12-6-8-22-16(9-12)21-15-10-13(11-20-17(15)18(22)23)14-5-3-4-7-19-14/h3-5,7,10-12H,2,6,8-9H2,1H3. The highest BCUT2D eigenvalue weighted by Gasteiger charge is 2.21. The SMILES string of the molecule is CCC1CCn2c(nc3cc(-c4ccccn4)cnc3c2=O)C1. The van der Waals surface area contributed by atoms with Crippen LogP contribution in [-0.4, -0.2) is 19.5 Å². The Morgan fingerprint density at radius 2 is 2.22 bits per heavy atom. The van der Waals surface area contributed by atoms with Gasteiger partial charge in [-0.05, 0) is 30.5 Å². The number of fused-ring (bicyclic) bond motifs is 2. The maximum atomic E-state index is 12.7. The largest absolute Gasteiger partial charge is 0.295 e. The molecule has 1 aliphatic rings. The van der Waals surface area contributed by atoms with Gasteiger partial charge in [-0.15, -0.1) is 0 Å². The van der Waals surface area contributed by atoms with Gasteiger partial charge >= 0.3 is 0 Å².